The van der Waals surface area contributed by atoms with E-state index in [1.807, 2.05) is 0 Å². The summed E-state index contributed by atoms with van der Waals surface area (Å²) in [6.45, 7) is 0. The van der Waals surface area contributed by atoms with Crippen LogP contribution in [0.25, 0.3) is 0 Å². The predicted octanol–water partition coefficient (Wildman–Crippen LogP) is 0.938. The van der Waals surface area contributed by atoms with Crippen molar-refractivity contribution in [3.63, 3.8) is 0 Å². The molecule has 1 unspecified atom stereocenters. The summed E-state index contributed by atoms with van der Waals surface area (Å²) in [5, 5.41) is 0. The van der Waals surface area contributed by atoms with Gasteiger partial charge in [0.1, 0.15) is 0 Å². The van der Waals surface area contributed by atoms with Crippen LogP contribution < -0.4 is 0 Å². The molecule has 0 bridgehead atoms. The third-order valence-corrected chi connectivity index (χ3v) is 2.86. The molecule has 0 fully saturated rings. The van der Waals surface area contributed by atoms with E-state index in [2.05, 4.69) is 36.4 Å². The van der Waals surface area contributed by atoms with Gasteiger partial charge in [0.05, 0.1) is 6.26 Å². The van der Waals surface area contributed by atoms with E-state index in [9.17, 15) is 8.42 Å². The highest BCUT2D eigenvalue weighted by Crippen LogP contribution is 2.22. The molecule has 0 saturated heterocycles. The van der Waals surface area contributed by atoms with Gasteiger partial charge in [0.2, 0.25) is 0 Å². The van der Waals surface area contributed by atoms with E-state index in [1.54, 1.807) is 0 Å². The van der Waals surface area contributed by atoms with Crippen molar-refractivity contribution in [2.24, 2.45) is 0 Å². The number of aryl methyl sites for hydroxylation is 1. The molecule has 6 heteroatoms. The van der Waals surface area contributed by atoms with Crippen LogP contribution in [0.15, 0.2) is 12.4 Å². The molecule has 1 aromatic heterocycles. The first-order valence-corrected chi connectivity index (χ1v) is 7.35. The van der Waals surface area contributed by atoms with Gasteiger partial charge in [-0.15, -0.1) is 0 Å². The van der Waals surface area contributed by atoms with Crippen molar-refractivity contribution in [2.45, 2.75) is 25.3 Å². The van der Waals surface area contributed by atoms with Crippen molar-refractivity contribution in [1.29, 1.82) is 0 Å². The Hall–Kier alpha value is -0.850. The number of aromatic nitrogens is 1. The zero-order valence-corrected chi connectivity index (χ0v) is 11.3. The fourth-order valence-corrected chi connectivity index (χ4v) is 1.97. The SMILES string of the molecule is CN(C)C1CCc2c[nH]cc2C1.CS(=O)(=O)O. The van der Waals surface area contributed by atoms with Gasteiger partial charge in [-0.2, -0.15) is 8.42 Å². The van der Waals surface area contributed by atoms with Crippen LogP contribution in [0.3, 0.4) is 0 Å². The van der Waals surface area contributed by atoms with Crippen LogP contribution in [-0.4, -0.2) is 49.2 Å². The zero-order valence-electron chi connectivity index (χ0n) is 10.5. The first kappa shape index (κ1) is 14.2. The number of likely N-dealkylation sites (N-methyl/N-ethyl adjacent to an activating group) is 1. The maximum absolute atomic E-state index is 9.19. The van der Waals surface area contributed by atoms with Gasteiger partial charge < -0.3 is 9.88 Å². The monoisotopic (exact) mass is 260 g/mol. The Balaban J connectivity index is 0.000000249. The van der Waals surface area contributed by atoms with Gasteiger partial charge in [-0.05, 0) is 44.5 Å². The van der Waals surface area contributed by atoms with Crippen LogP contribution >= 0.6 is 0 Å². The normalized spacial score (nSPS) is 19.5. The summed E-state index contributed by atoms with van der Waals surface area (Å²) in [6, 6.07) is 0.744. The Morgan fingerprint density at radius 3 is 2.41 bits per heavy atom. The van der Waals surface area contributed by atoms with Crippen LogP contribution in [0.4, 0.5) is 0 Å². The Kier molecular flexibility index (Phi) is 4.73. The van der Waals surface area contributed by atoms with Crippen molar-refractivity contribution >= 4 is 10.1 Å². The van der Waals surface area contributed by atoms with E-state index in [4.69, 9.17) is 4.55 Å². The van der Waals surface area contributed by atoms with Crippen LogP contribution in [0.2, 0.25) is 0 Å². The predicted molar refractivity (Wildman–Crippen MR) is 67.8 cm³/mol. The summed E-state index contributed by atoms with van der Waals surface area (Å²) in [5.41, 5.74) is 3.04. The maximum atomic E-state index is 9.19. The van der Waals surface area contributed by atoms with Crippen LogP contribution in [0, 0.1) is 0 Å². The molecule has 0 aromatic carbocycles. The summed E-state index contributed by atoms with van der Waals surface area (Å²) in [5.74, 6) is 0. The molecular weight excluding hydrogens is 240 g/mol. The lowest BCUT2D eigenvalue weighted by Gasteiger charge is -2.28. The van der Waals surface area contributed by atoms with Crippen molar-refractivity contribution in [3.8, 4) is 0 Å². The molecule has 98 valence electrons. The van der Waals surface area contributed by atoms with E-state index < -0.39 is 10.1 Å². The molecule has 2 rings (SSSR count). The second kappa shape index (κ2) is 5.66. The van der Waals surface area contributed by atoms with Gasteiger partial charge in [0.25, 0.3) is 10.1 Å². The first-order chi connectivity index (χ1) is 7.77. The summed E-state index contributed by atoms with van der Waals surface area (Å²) < 4.78 is 25.9. The van der Waals surface area contributed by atoms with E-state index in [1.165, 1.54) is 30.4 Å². The minimum Gasteiger partial charge on any atom is -0.367 e. The lowest BCUT2D eigenvalue weighted by atomic mass is 9.91. The van der Waals surface area contributed by atoms with Crippen LogP contribution in [-0.2, 0) is 23.0 Å². The zero-order chi connectivity index (χ0) is 13.1. The standard InChI is InChI=1S/C10H16N2.CH4O3S/c1-12(2)10-4-3-8-6-11-7-9(8)5-10;1-5(2,3)4/h6-7,10-11H,3-5H2,1-2H3;1H3,(H,2,3,4). The van der Waals surface area contributed by atoms with E-state index in [-0.39, 0.29) is 0 Å². The number of hydrogen-bond donors (Lipinski definition) is 2. The number of rotatable bonds is 1. The Labute approximate surface area is 103 Å². The summed E-state index contributed by atoms with van der Waals surface area (Å²) >= 11 is 0. The molecule has 1 heterocycles. The fraction of sp³-hybridized carbons (Fsp3) is 0.636. The molecule has 0 radical (unpaired) electrons. The third kappa shape index (κ3) is 5.34. The second-order valence-corrected chi connectivity index (χ2v) is 6.07. The van der Waals surface area contributed by atoms with Gasteiger partial charge in [0.15, 0.2) is 0 Å². The van der Waals surface area contributed by atoms with E-state index in [0.29, 0.717) is 6.26 Å². The largest absolute Gasteiger partial charge is 0.367 e. The summed E-state index contributed by atoms with van der Waals surface area (Å²) in [6.07, 6.45) is 8.75. The van der Waals surface area contributed by atoms with Crippen LogP contribution in [0.1, 0.15) is 17.5 Å². The highest BCUT2D eigenvalue weighted by atomic mass is 32.2. The number of fused-ring (bicyclic) bond motifs is 1. The minimum absolute atomic E-state index is 0.715. The molecule has 0 amide bonds. The average Bonchev–Trinajstić information content (AvgIpc) is 2.60. The van der Waals surface area contributed by atoms with Crippen LogP contribution in [0.5, 0.6) is 0 Å². The molecule has 0 spiro atoms. The topological polar surface area (TPSA) is 73.4 Å². The molecule has 2 N–H and O–H groups in total. The smallest absolute Gasteiger partial charge is 0.261 e. The molecular formula is C11H20N2O3S. The second-order valence-electron chi connectivity index (χ2n) is 4.60. The molecule has 5 nitrogen and oxygen atoms in total. The van der Waals surface area contributed by atoms with Gasteiger partial charge in [-0.25, -0.2) is 0 Å². The van der Waals surface area contributed by atoms with Crippen molar-refractivity contribution in [1.82, 2.24) is 9.88 Å². The molecule has 0 saturated carbocycles. The quantitative estimate of drug-likeness (QED) is 0.737. The molecule has 0 aliphatic heterocycles. The number of nitrogens with one attached hydrogen (secondary N) is 1. The third-order valence-electron chi connectivity index (χ3n) is 2.86. The van der Waals surface area contributed by atoms with Crippen molar-refractivity contribution < 1.29 is 13.0 Å². The molecule has 1 aliphatic carbocycles. The summed E-state index contributed by atoms with van der Waals surface area (Å²) in [7, 11) is 0.671. The average molecular weight is 260 g/mol. The fourth-order valence-electron chi connectivity index (χ4n) is 1.97. The Bertz CT molecular complexity index is 443. The first-order valence-electron chi connectivity index (χ1n) is 5.51. The van der Waals surface area contributed by atoms with Crippen molar-refractivity contribution in [2.75, 3.05) is 20.4 Å². The molecule has 1 aliphatic rings. The number of H-pyrrole nitrogens is 1. The Morgan fingerprint density at radius 2 is 1.88 bits per heavy atom. The van der Waals surface area contributed by atoms with Gasteiger partial charge >= 0.3 is 0 Å². The Morgan fingerprint density at radius 1 is 1.35 bits per heavy atom. The van der Waals surface area contributed by atoms with E-state index >= 15 is 0 Å². The van der Waals surface area contributed by atoms with Crippen molar-refractivity contribution in [3.05, 3.63) is 23.5 Å². The molecule has 1 atom stereocenters. The van der Waals surface area contributed by atoms with Gasteiger partial charge in [0, 0.05) is 18.4 Å². The highest BCUT2D eigenvalue weighted by Gasteiger charge is 2.19. The maximum Gasteiger partial charge on any atom is 0.261 e. The number of nitrogens with zero attached hydrogens (tertiary/aromatic N) is 1. The molecule has 17 heavy (non-hydrogen) atoms. The number of hydrogen-bond acceptors (Lipinski definition) is 3. The van der Waals surface area contributed by atoms with E-state index in [0.717, 1.165) is 6.04 Å². The minimum atomic E-state index is -3.67. The van der Waals surface area contributed by atoms with Gasteiger partial charge in [-0.3, -0.25) is 4.55 Å². The lowest BCUT2D eigenvalue weighted by molar-refractivity contribution is 0.268. The summed E-state index contributed by atoms with van der Waals surface area (Å²) in [4.78, 5) is 5.51. The number of aromatic amines is 1. The molecule has 1 aromatic rings. The highest BCUT2D eigenvalue weighted by molar-refractivity contribution is 7.85. The lowest BCUT2D eigenvalue weighted by Crippen LogP contribution is -2.32. The van der Waals surface area contributed by atoms with Gasteiger partial charge in [-0.1, -0.05) is 0 Å².